The number of hydrogen-bond acceptors (Lipinski definition) is 4. The minimum absolute atomic E-state index is 0.0810. The second-order valence-corrected chi connectivity index (χ2v) is 5.83. The van der Waals surface area contributed by atoms with Crippen LogP contribution in [0.3, 0.4) is 0 Å². The van der Waals surface area contributed by atoms with Crippen LogP contribution in [0, 0.1) is 17.2 Å². The van der Waals surface area contributed by atoms with Gasteiger partial charge < -0.3 is 15.7 Å². The predicted molar refractivity (Wildman–Crippen MR) is 86.9 cm³/mol. The summed E-state index contributed by atoms with van der Waals surface area (Å²) in [6.07, 6.45) is 0.0810. The highest BCUT2D eigenvalue weighted by molar-refractivity contribution is 5.90. The molecular formula is C17H21N3O4. The zero-order valence-corrected chi connectivity index (χ0v) is 13.9. The van der Waals surface area contributed by atoms with Crippen molar-refractivity contribution in [3.05, 3.63) is 35.4 Å². The van der Waals surface area contributed by atoms with E-state index < -0.39 is 24.0 Å². The molecule has 24 heavy (non-hydrogen) atoms. The summed E-state index contributed by atoms with van der Waals surface area (Å²) in [4.78, 5) is 34.9. The number of nitrogens with zero attached hydrogens (tertiary/aromatic N) is 1. The lowest BCUT2D eigenvalue weighted by Gasteiger charge is -2.23. The molecule has 7 nitrogen and oxygen atoms in total. The molecule has 0 aliphatic rings. The molecule has 1 aromatic rings. The summed E-state index contributed by atoms with van der Waals surface area (Å²) in [6, 6.07) is 6.53. The highest BCUT2D eigenvalue weighted by atomic mass is 16.4. The van der Waals surface area contributed by atoms with Crippen LogP contribution in [-0.2, 0) is 20.8 Å². The van der Waals surface area contributed by atoms with E-state index in [1.807, 2.05) is 6.07 Å². The van der Waals surface area contributed by atoms with Crippen molar-refractivity contribution in [1.82, 2.24) is 10.6 Å². The predicted octanol–water partition coefficient (Wildman–Crippen LogP) is 0.831. The number of nitrogens with one attached hydrogen (secondary N) is 2. The monoisotopic (exact) mass is 331 g/mol. The van der Waals surface area contributed by atoms with E-state index in [9.17, 15) is 19.5 Å². The Labute approximate surface area is 140 Å². The van der Waals surface area contributed by atoms with E-state index >= 15 is 0 Å². The van der Waals surface area contributed by atoms with Crippen molar-refractivity contribution in [2.75, 3.05) is 0 Å². The van der Waals surface area contributed by atoms with Gasteiger partial charge in [0.1, 0.15) is 12.1 Å². The maximum Gasteiger partial charge on any atom is 0.326 e. The third-order valence-corrected chi connectivity index (χ3v) is 3.45. The normalized spacial score (nSPS) is 12.8. The lowest BCUT2D eigenvalue weighted by atomic mass is 10.0. The molecule has 0 radical (unpaired) electrons. The van der Waals surface area contributed by atoms with E-state index in [0.717, 1.165) is 0 Å². The fourth-order valence-electron chi connectivity index (χ4n) is 2.17. The number of carboxylic acid groups (broad SMARTS) is 1. The van der Waals surface area contributed by atoms with Crippen molar-refractivity contribution in [3.8, 4) is 6.07 Å². The van der Waals surface area contributed by atoms with Crippen molar-refractivity contribution < 1.29 is 19.5 Å². The highest BCUT2D eigenvalue weighted by Gasteiger charge is 2.28. The van der Waals surface area contributed by atoms with Crippen LogP contribution in [0.1, 0.15) is 31.9 Å². The van der Waals surface area contributed by atoms with Gasteiger partial charge in [-0.25, -0.2) is 4.79 Å². The molecule has 0 heterocycles. The average Bonchev–Trinajstić information content (AvgIpc) is 2.52. The summed E-state index contributed by atoms with van der Waals surface area (Å²) in [6.45, 7) is 4.82. The first-order chi connectivity index (χ1) is 11.2. The van der Waals surface area contributed by atoms with Gasteiger partial charge in [0.2, 0.25) is 11.8 Å². The third-order valence-electron chi connectivity index (χ3n) is 3.45. The number of carbonyl (C=O) groups excluding carboxylic acids is 2. The Hall–Kier alpha value is -2.88. The topological polar surface area (TPSA) is 119 Å². The zero-order valence-electron chi connectivity index (χ0n) is 13.9. The van der Waals surface area contributed by atoms with E-state index in [0.29, 0.717) is 11.1 Å². The van der Waals surface area contributed by atoms with E-state index in [4.69, 9.17) is 5.26 Å². The Morgan fingerprint density at radius 1 is 1.17 bits per heavy atom. The molecule has 2 amide bonds. The molecule has 1 aromatic carbocycles. The first-order valence-corrected chi connectivity index (χ1v) is 7.54. The summed E-state index contributed by atoms with van der Waals surface area (Å²) in [5, 5.41) is 23.1. The molecule has 0 aliphatic heterocycles. The van der Waals surface area contributed by atoms with E-state index in [1.165, 1.54) is 6.92 Å². The maximum atomic E-state index is 12.3. The van der Waals surface area contributed by atoms with E-state index in [-0.39, 0.29) is 18.2 Å². The van der Waals surface area contributed by atoms with Gasteiger partial charge in [-0.3, -0.25) is 9.59 Å². The maximum absolute atomic E-state index is 12.3. The first-order valence-electron chi connectivity index (χ1n) is 7.54. The van der Waals surface area contributed by atoms with Gasteiger partial charge in [-0.1, -0.05) is 26.0 Å². The summed E-state index contributed by atoms with van der Waals surface area (Å²) >= 11 is 0. The molecule has 1 rings (SSSR count). The lowest BCUT2D eigenvalue weighted by Crippen LogP contribution is -2.53. The number of carboxylic acids is 1. The molecule has 2 atom stereocenters. The van der Waals surface area contributed by atoms with Gasteiger partial charge in [-0.15, -0.1) is 0 Å². The van der Waals surface area contributed by atoms with Gasteiger partial charge in [-0.2, -0.15) is 5.26 Å². The number of carbonyl (C=O) groups is 3. The first kappa shape index (κ1) is 19.2. The summed E-state index contributed by atoms with van der Waals surface area (Å²) in [7, 11) is 0. The van der Waals surface area contributed by atoms with E-state index in [1.54, 1.807) is 38.1 Å². The van der Waals surface area contributed by atoms with Crippen molar-refractivity contribution >= 4 is 17.8 Å². The molecule has 3 N–H and O–H groups in total. The van der Waals surface area contributed by atoms with Crippen LogP contribution in [0.5, 0.6) is 0 Å². The van der Waals surface area contributed by atoms with Gasteiger partial charge in [-0.05, 0) is 23.6 Å². The summed E-state index contributed by atoms with van der Waals surface area (Å²) < 4.78 is 0. The van der Waals surface area contributed by atoms with Crippen LogP contribution in [0.25, 0.3) is 0 Å². The highest BCUT2D eigenvalue weighted by Crippen LogP contribution is 2.08. The molecule has 0 unspecified atom stereocenters. The molecule has 0 bridgehead atoms. The average molecular weight is 331 g/mol. The largest absolute Gasteiger partial charge is 0.480 e. The number of rotatable bonds is 7. The number of aliphatic carboxylic acids is 1. The fourth-order valence-corrected chi connectivity index (χ4v) is 2.17. The Morgan fingerprint density at radius 3 is 2.17 bits per heavy atom. The Morgan fingerprint density at radius 2 is 1.75 bits per heavy atom. The van der Waals surface area contributed by atoms with Crippen molar-refractivity contribution in [3.63, 3.8) is 0 Å². The van der Waals surface area contributed by atoms with Crippen LogP contribution in [0.4, 0.5) is 0 Å². The Kier molecular flexibility index (Phi) is 6.93. The molecule has 0 saturated carbocycles. The van der Waals surface area contributed by atoms with Crippen LogP contribution in [-0.4, -0.2) is 35.0 Å². The van der Waals surface area contributed by atoms with Crippen LogP contribution in [0.2, 0.25) is 0 Å². The molecule has 128 valence electrons. The number of hydrogen-bond donors (Lipinski definition) is 3. The van der Waals surface area contributed by atoms with Crippen molar-refractivity contribution in [2.24, 2.45) is 5.92 Å². The third kappa shape index (κ3) is 5.72. The summed E-state index contributed by atoms with van der Waals surface area (Å²) in [5.41, 5.74) is 1.16. The second-order valence-electron chi connectivity index (χ2n) is 5.83. The zero-order chi connectivity index (χ0) is 18.3. The Balaban J connectivity index is 2.84. The smallest absolute Gasteiger partial charge is 0.326 e. The van der Waals surface area contributed by atoms with Crippen LogP contribution >= 0.6 is 0 Å². The quantitative estimate of drug-likeness (QED) is 0.684. The van der Waals surface area contributed by atoms with Crippen molar-refractivity contribution in [1.29, 1.82) is 5.26 Å². The van der Waals surface area contributed by atoms with Gasteiger partial charge >= 0.3 is 5.97 Å². The molecule has 7 heteroatoms. The lowest BCUT2D eigenvalue weighted by molar-refractivity contribution is -0.142. The molecule has 0 aromatic heterocycles. The van der Waals surface area contributed by atoms with Crippen LogP contribution < -0.4 is 10.6 Å². The van der Waals surface area contributed by atoms with Crippen molar-refractivity contribution in [2.45, 2.75) is 39.3 Å². The molecule has 0 spiro atoms. The number of benzene rings is 1. The fraction of sp³-hybridized carbons (Fsp3) is 0.412. The van der Waals surface area contributed by atoms with Gasteiger partial charge in [0.05, 0.1) is 11.6 Å². The minimum Gasteiger partial charge on any atom is -0.480 e. The Bertz CT molecular complexity index is 647. The molecule has 0 saturated heterocycles. The standard InChI is InChI=1S/C17H21N3O4/c1-10(2)15(19-11(3)21)16(22)20-14(17(23)24)8-12-4-6-13(9-18)7-5-12/h4-7,10,14-15H,8H2,1-3H3,(H,19,21)(H,20,22)(H,23,24)/t14-,15-/m1/s1. The molecular weight excluding hydrogens is 310 g/mol. The van der Waals surface area contributed by atoms with E-state index in [2.05, 4.69) is 10.6 Å². The molecule has 0 fully saturated rings. The van der Waals surface area contributed by atoms with Crippen LogP contribution in [0.15, 0.2) is 24.3 Å². The minimum atomic E-state index is -1.17. The van der Waals surface area contributed by atoms with Gasteiger partial charge in [0, 0.05) is 13.3 Å². The van der Waals surface area contributed by atoms with Gasteiger partial charge in [0.25, 0.3) is 0 Å². The number of amides is 2. The molecule has 0 aliphatic carbocycles. The van der Waals surface area contributed by atoms with Gasteiger partial charge in [0.15, 0.2) is 0 Å². The summed E-state index contributed by atoms with van der Waals surface area (Å²) in [5.74, 6) is -2.25. The number of nitriles is 1. The SMILES string of the molecule is CC(=O)N[C@@H](C(=O)N[C@H](Cc1ccc(C#N)cc1)C(=O)O)C(C)C. The second kappa shape index (κ2) is 8.67.